The van der Waals surface area contributed by atoms with Gasteiger partial charge in [-0.05, 0) is 25.7 Å². The fourth-order valence-electron chi connectivity index (χ4n) is 2.68. The van der Waals surface area contributed by atoms with E-state index in [1.165, 1.54) is 32.1 Å². The van der Waals surface area contributed by atoms with Gasteiger partial charge in [0.2, 0.25) is 5.91 Å². The van der Waals surface area contributed by atoms with Gasteiger partial charge in [-0.3, -0.25) is 4.79 Å². The normalized spacial score (nSPS) is 16.8. The van der Waals surface area contributed by atoms with Crippen molar-refractivity contribution in [2.75, 3.05) is 6.54 Å². The Hall–Kier alpha value is -0.860. The summed E-state index contributed by atoms with van der Waals surface area (Å²) < 4.78 is 0. The van der Waals surface area contributed by atoms with Gasteiger partial charge < -0.3 is 9.69 Å². The van der Waals surface area contributed by atoms with Crippen LogP contribution in [0.2, 0.25) is 0 Å². The maximum absolute atomic E-state index is 11.6. The second kappa shape index (κ2) is 8.26. The Kier molecular flexibility index (Phi) is 6.90. The Bertz CT molecular complexity index is 234. The molecule has 1 aliphatic rings. The summed E-state index contributed by atoms with van der Waals surface area (Å²) in [4.78, 5) is 23.9. The summed E-state index contributed by atoms with van der Waals surface area (Å²) >= 11 is 0. The van der Waals surface area contributed by atoms with E-state index in [0.29, 0.717) is 12.5 Å². The van der Waals surface area contributed by atoms with Crippen molar-refractivity contribution in [3.05, 3.63) is 0 Å². The molecule has 0 aromatic carbocycles. The van der Waals surface area contributed by atoms with Crippen LogP contribution < -0.4 is 0 Å². The summed E-state index contributed by atoms with van der Waals surface area (Å²) in [6.45, 7) is 2.55. The summed E-state index contributed by atoms with van der Waals surface area (Å²) in [6, 6.07) is 0.479. The van der Waals surface area contributed by atoms with Crippen LogP contribution in [-0.2, 0) is 9.59 Å². The first-order chi connectivity index (χ1) is 8.25. The van der Waals surface area contributed by atoms with Gasteiger partial charge in [0.1, 0.15) is 6.29 Å². The minimum absolute atomic E-state index is 0.215. The molecule has 0 aromatic rings. The van der Waals surface area contributed by atoms with Gasteiger partial charge in [0.15, 0.2) is 0 Å². The number of hydrogen-bond acceptors (Lipinski definition) is 2. The third-order valence-corrected chi connectivity index (χ3v) is 3.64. The number of aldehydes is 1. The van der Waals surface area contributed by atoms with Crippen LogP contribution in [0.4, 0.5) is 0 Å². The minimum Gasteiger partial charge on any atom is -0.340 e. The highest BCUT2D eigenvalue weighted by molar-refractivity contribution is 5.73. The lowest BCUT2D eigenvalue weighted by Gasteiger charge is -2.33. The number of rotatable bonds is 7. The van der Waals surface area contributed by atoms with Crippen molar-refractivity contribution in [2.24, 2.45) is 0 Å². The lowest BCUT2D eigenvalue weighted by Crippen LogP contribution is -2.40. The zero-order valence-corrected chi connectivity index (χ0v) is 11.0. The third-order valence-electron chi connectivity index (χ3n) is 3.64. The highest BCUT2D eigenvalue weighted by atomic mass is 16.2. The third kappa shape index (κ3) is 5.33. The lowest BCUT2D eigenvalue weighted by molar-refractivity contribution is -0.131. The molecule has 0 spiro atoms. The van der Waals surface area contributed by atoms with E-state index in [-0.39, 0.29) is 5.91 Å². The standard InChI is InChI=1S/C14H25NO2/c1-13(17)15(11-7-2-3-8-12-16)14-9-5-4-6-10-14/h12,14H,2-11H2,1H3. The molecule has 0 bridgehead atoms. The Balaban J connectivity index is 2.27. The van der Waals surface area contributed by atoms with Crippen LogP contribution >= 0.6 is 0 Å². The average Bonchev–Trinajstić information content (AvgIpc) is 2.34. The van der Waals surface area contributed by atoms with Gasteiger partial charge in [-0.2, -0.15) is 0 Å². The molecule has 17 heavy (non-hydrogen) atoms. The number of hydrogen-bond donors (Lipinski definition) is 0. The van der Waals surface area contributed by atoms with Crippen LogP contribution in [0.5, 0.6) is 0 Å². The summed E-state index contributed by atoms with van der Waals surface area (Å²) in [5.41, 5.74) is 0. The molecule has 0 radical (unpaired) electrons. The molecule has 98 valence electrons. The molecule has 3 nitrogen and oxygen atoms in total. The minimum atomic E-state index is 0.215. The van der Waals surface area contributed by atoms with Gasteiger partial charge >= 0.3 is 0 Å². The second-order valence-corrected chi connectivity index (χ2v) is 5.02. The number of carbonyl (C=O) groups is 2. The Morgan fingerprint density at radius 2 is 1.88 bits per heavy atom. The van der Waals surface area contributed by atoms with Crippen molar-refractivity contribution in [1.29, 1.82) is 0 Å². The van der Waals surface area contributed by atoms with Gasteiger partial charge in [-0.25, -0.2) is 0 Å². The van der Waals surface area contributed by atoms with Crippen LogP contribution in [0.1, 0.15) is 64.7 Å². The number of unbranched alkanes of at least 4 members (excludes halogenated alkanes) is 3. The summed E-state index contributed by atoms with van der Waals surface area (Å²) in [5, 5.41) is 0. The molecule has 0 N–H and O–H groups in total. The predicted molar refractivity (Wildman–Crippen MR) is 68.8 cm³/mol. The van der Waals surface area contributed by atoms with Crippen LogP contribution in [0, 0.1) is 0 Å². The highest BCUT2D eigenvalue weighted by Gasteiger charge is 2.22. The molecule has 0 aliphatic heterocycles. The van der Waals surface area contributed by atoms with Crippen LogP contribution in [0.3, 0.4) is 0 Å². The summed E-state index contributed by atoms with van der Waals surface area (Å²) in [6.07, 6.45) is 10.9. The van der Waals surface area contributed by atoms with Gasteiger partial charge in [-0.1, -0.05) is 25.7 Å². The van der Waals surface area contributed by atoms with Gasteiger partial charge in [0.25, 0.3) is 0 Å². The van der Waals surface area contributed by atoms with E-state index in [9.17, 15) is 9.59 Å². The average molecular weight is 239 g/mol. The molecule has 3 heteroatoms. The molecular weight excluding hydrogens is 214 g/mol. The van der Waals surface area contributed by atoms with Crippen molar-refractivity contribution in [3.8, 4) is 0 Å². The number of amides is 1. The van der Waals surface area contributed by atoms with Gasteiger partial charge in [0, 0.05) is 25.9 Å². The van der Waals surface area contributed by atoms with Crippen molar-refractivity contribution in [3.63, 3.8) is 0 Å². The maximum Gasteiger partial charge on any atom is 0.219 e. The smallest absolute Gasteiger partial charge is 0.219 e. The van der Waals surface area contributed by atoms with Crippen molar-refractivity contribution in [2.45, 2.75) is 70.8 Å². The van der Waals surface area contributed by atoms with Crippen LogP contribution in [-0.4, -0.2) is 29.7 Å². The molecule has 1 saturated carbocycles. The van der Waals surface area contributed by atoms with Crippen LogP contribution in [0.25, 0.3) is 0 Å². The molecule has 0 aromatic heterocycles. The van der Waals surface area contributed by atoms with Gasteiger partial charge in [-0.15, -0.1) is 0 Å². The van der Waals surface area contributed by atoms with E-state index in [1.807, 2.05) is 0 Å². The van der Waals surface area contributed by atoms with E-state index in [4.69, 9.17) is 0 Å². The van der Waals surface area contributed by atoms with Gasteiger partial charge in [0.05, 0.1) is 0 Å². The van der Waals surface area contributed by atoms with E-state index in [0.717, 1.165) is 32.1 Å². The zero-order chi connectivity index (χ0) is 12.5. The molecule has 0 unspecified atom stereocenters. The second-order valence-electron chi connectivity index (χ2n) is 5.02. The fourth-order valence-corrected chi connectivity index (χ4v) is 2.68. The first-order valence-electron chi connectivity index (χ1n) is 6.96. The van der Waals surface area contributed by atoms with E-state index < -0.39 is 0 Å². The van der Waals surface area contributed by atoms with Crippen molar-refractivity contribution < 1.29 is 9.59 Å². The maximum atomic E-state index is 11.6. The zero-order valence-electron chi connectivity index (χ0n) is 11.0. The lowest BCUT2D eigenvalue weighted by atomic mass is 9.94. The molecule has 0 heterocycles. The highest BCUT2D eigenvalue weighted by Crippen LogP contribution is 2.23. The topological polar surface area (TPSA) is 37.4 Å². The van der Waals surface area contributed by atoms with E-state index in [1.54, 1.807) is 6.92 Å². The monoisotopic (exact) mass is 239 g/mol. The SMILES string of the molecule is CC(=O)N(CCCCCC=O)C1CCCCC1. The number of carbonyl (C=O) groups excluding carboxylic acids is 2. The largest absolute Gasteiger partial charge is 0.340 e. The molecule has 1 rings (SSSR count). The Morgan fingerprint density at radius 3 is 2.47 bits per heavy atom. The molecule has 1 amide bonds. The fraction of sp³-hybridized carbons (Fsp3) is 0.857. The Labute approximate surface area is 105 Å². The summed E-state index contributed by atoms with van der Waals surface area (Å²) in [7, 11) is 0. The van der Waals surface area contributed by atoms with E-state index >= 15 is 0 Å². The van der Waals surface area contributed by atoms with Crippen molar-refractivity contribution in [1.82, 2.24) is 4.90 Å². The molecule has 0 atom stereocenters. The molecule has 0 saturated heterocycles. The molecule has 1 aliphatic carbocycles. The first-order valence-corrected chi connectivity index (χ1v) is 6.96. The van der Waals surface area contributed by atoms with Crippen LogP contribution in [0.15, 0.2) is 0 Å². The first kappa shape index (κ1) is 14.2. The molecular formula is C14H25NO2. The van der Waals surface area contributed by atoms with Crippen molar-refractivity contribution >= 4 is 12.2 Å². The predicted octanol–water partition coefficient (Wildman–Crippen LogP) is 2.93. The van der Waals surface area contributed by atoms with E-state index in [2.05, 4.69) is 4.90 Å². The Morgan fingerprint density at radius 1 is 1.18 bits per heavy atom. The number of nitrogens with zero attached hydrogens (tertiary/aromatic N) is 1. The summed E-state index contributed by atoms with van der Waals surface area (Å²) in [5.74, 6) is 0.215. The molecule has 1 fully saturated rings. The quantitative estimate of drug-likeness (QED) is 0.506.